The highest BCUT2D eigenvalue weighted by molar-refractivity contribution is 5.89. The third-order valence-electron chi connectivity index (χ3n) is 3.76. The zero-order valence-corrected chi connectivity index (χ0v) is 11.7. The molecule has 0 radical (unpaired) electrons. The Bertz CT molecular complexity index is 776. The van der Waals surface area contributed by atoms with E-state index in [1.165, 1.54) is 6.07 Å². The van der Waals surface area contributed by atoms with Crippen molar-refractivity contribution >= 4 is 11.0 Å². The molecule has 1 unspecified atom stereocenters. The van der Waals surface area contributed by atoms with E-state index in [4.69, 9.17) is 23.4 Å². The molecule has 1 aromatic carbocycles. The molecule has 21 heavy (non-hydrogen) atoms. The number of ether oxygens (including phenoxy) is 4. The first-order chi connectivity index (χ1) is 10.0. The van der Waals surface area contributed by atoms with E-state index in [1.807, 2.05) is 13.8 Å². The molecular formula is C15H14O6. The van der Waals surface area contributed by atoms with Gasteiger partial charge >= 0.3 is 5.63 Å². The zero-order valence-electron chi connectivity index (χ0n) is 11.7. The first-order valence-electron chi connectivity index (χ1n) is 6.72. The van der Waals surface area contributed by atoms with E-state index in [0.717, 1.165) is 0 Å². The van der Waals surface area contributed by atoms with E-state index in [-0.39, 0.29) is 18.5 Å². The Kier molecular flexibility index (Phi) is 2.47. The van der Waals surface area contributed by atoms with Crippen LogP contribution in [0.15, 0.2) is 27.4 Å². The number of hydrogen-bond donors (Lipinski definition) is 0. The van der Waals surface area contributed by atoms with Gasteiger partial charge in [0.2, 0.25) is 12.5 Å². The topological polar surface area (TPSA) is 70.4 Å². The number of rotatable bonds is 3. The van der Waals surface area contributed by atoms with E-state index in [9.17, 15) is 4.79 Å². The molecule has 0 saturated carbocycles. The third kappa shape index (κ3) is 2.03. The van der Waals surface area contributed by atoms with Crippen molar-refractivity contribution in [1.82, 2.24) is 0 Å². The van der Waals surface area contributed by atoms with Gasteiger partial charge < -0.3 is 23.4 Å². The average Bonchev–Trinajstić information content (AvgIpc) is 2.87. The molecule has 1 atom stereocenters. The Labute approximate surface area is 120 Å². The van der Waals surface area contributed by atoms with Crippen LogP contribution in [-0.2, 0) is 4.74 Å². The lowest BCUT2D eigenvalue weighted by atomic mass is 10.1. The molecule has 1 fully saturated rings. The molecule has 2 aliphatic rings. The molecule has 1 saturated heterocycles. The van der Waals surface area contributed by atoms with Gasteiger partial charge in [0, 0.05) is 12.1 Å². The molecule has 2 aromatic rings. The summed E-state index contributed by atoms with van der Waals surface area (Å²) in [5, 5.41) is 0.692. The van der Waals surface area contributed by atoms with Crippen molar-refractivity contribution in [3.8, 4) is 17.2 Å². The fraction of sp³-hybridized carbons (Fsp3) is 0.400. The molecule has 0 aliphatic carbocycles. The molecule has 6 heteroatoms. The monoisotopic (exact) mass is 290 g/mol. The van der Waals surface area contributed by atoms with Gasteiger partial charge in [0.25, 0.3) is 0 Å². The highest BCUT2D eigenvalue weighted by Gasteiger charge is 2.48. The predicted octanol–water partition coefficient (Wildman–Crippen LogP) is 2.08. The van der Waals surface area contributed by atoms with Gasteiger partial charge in [-0.25, -0.2) is 4.79 Å². The lowest BCUT2D eigenvalue weighted by Crippen LogP contribution is -2.12. The van der Waals surface area contributed by atoms with Gasteiger partial charge in [-0.2, -0.15) is 0 Å². The summed E-state index contributed by atoms with van der Waals surface area (Å²) < 4.78 is 27.4. The molecular weight excluding hydrogens is 276 g/mol. The van der Waals surface area contributed by atoms with Crippen LogP contribution in [0.25, 0.3) is 11.0 Å². The van der Waals surface area contributed by atoms with Crippen molar-refractivity contribution < 1.29 is 23.4 Å². The first-order valence-corrected chi connectivity index (χ1v) is 6.72. The van der Waals surface area contributed by atoms with Gasteiger partial charge in [0.05, 0.1) is 11.0 Å². The Morgan fingerprint density at radius 3 is 2.81 bits per heavy atom. The van der Waals surface area contributed by atoms with Crippen LogP contribution < -0.4 is 19.8 Å². The molecule has 4 rings (SSSR count). The van der Waals surface area contributed by atoms with Gasteiger partial charge in [-0.3, -0.25) is 0 Å². The molecule has 6 nitrogen and oxygen atoms in total. The van der Waals surface area contributed by atoms with Crippen molar-refractivity contribution in [1.29, 1.82) is 0 Å². The number of epoxide rings is 1. The summed E-state index contributed by atoms with van der Waals surface area (Å²) >= 11 is 0. The van der Waals surface area contributed by atoms with Gasteiger partial charge in [-0.05, 0) is 19.9 Å². The van der Waals surface area contributed by atoms with E-state index in [1.54, 1.807) is 12.1 Å². The quantitative estimate of drug-likeness (QED) is 0.636. The van der Waals surface area contributed by atoms with Crippen LogP contribution in [0.2, 0.25) is 0 Å². The number of benzene rings is 1. The Morgan fingerprint density at radius 2 is 2.05 bits per heavy atom. The average molecular weight is 290 g/mol. The summed E-state index contributed by atoms with van der Waals surface area (Å²) in [6.45, 7) is 4.54. The van der Waals surface area contributed by atoms with Gasteiger partial charge in [0.1, 0.15) is 18.3 Å². The van der Waals surface area contributed by atoms with E-state index >= 15 is 0 Å². The van der Waals surface area contributed by atoms with E-state index in [0.29, 0.717) is 34.8 Å². The number of fused-ring (bicyclic) bond motifs is 3. The van der Waals surface area contributed by atoms with E-state index < -0.39 is 5.63 Å². The summed E-state index contributed by atoms with van der Waals surface area (Å²) in [5.74, 6) is 1.58. The summed E-state index contributed by atoms with van der Waals surface area (Å²) in [6, 6.07) is 4.66. The van der Waals surface area contributed by atoms with Gasteiger partial charge in [-0.1, -0.05) is 0 Å². The maximum absolute atomic E-state index is 11.4. The van der Waals surface area contributed by atoms with Gasteiger partial charge in [0.15, 0.2) is 11.5 Å². The van der Waals surface area contributed by atoms with Crippen molar-refractivity contribution in [3.05, 3.63) is 28.6 Å². The first kappa shape index (κ1) is 12.5. The number of hydrogen-bond acceptors (Lipinski definition) is 6. The third-order valence-corrected chi connectivity index (χ3v) is 3.76. The summed E-state index contributed by atoms with van der Waals surface area (Å²) in [7, 11) is 0. The van der Waals surface area contributed by atoms with Crippen molar-refractivity contribution in [2.45, 2.75) is 25.6 Å². The molecule has 2 aliphatic heterocycles. The van der Waals surface area contributed by atoms with E-state index in [2.05, 4.69) is 0 Å². The van der Waals surface area contributed by atoms with Crippen LogP contribution in [0.5, 0.6) is 17.2 Å². The second-order valence-electron chi connectivity index (χ2n) is 5.63. The lowest BCUT2D eigenvalue weighted by molar-refractivity contribution is 0.169. The predicted molar refractivity (Wildman–Crippen MR) is 73.1 cm³/mol. The molecule has 3 heterocycles. The Balaban J connectivity index is 1.73. The molecule has 0 bridgehead atoms. The normalized spacial score (nSPS) is 21.5. The fourth-order valence-corrected chi connectivity index (χ4v) is 2.41. The molecule has 0 N–H and O–H groups in total. The van der Waals surface area contributed by atoms with Crippen LogP contribution in [0.1, 0.15) is 13.8 Å². The van der Waals surface area contributed by atoms with Gasteiger partial charge in [-0.15, -0.1) is 0 Å². The van der Waals surface area contributed by atoms with Crippen LogP contribution in [0.4, 0.5) is 0 Å². The maximum Gasteiger partial charge on any atom is 0.336 e. The highest BCUT2D eigenvalue weighted by Crippen LogP contribution is 2.46. The summed E-state index contributed by atoms with van der Waals surface area (Å²) in [6.07, 6.45) is 0.0500. The lowest BCUT2D eigenvalue weighted by Gasteiger charge is -2.09. The standard InChI is InChI=1S/C15H14O6/c1-15(2)11(21-15)6-17-10-5-9-8(3-4-12(16)20-9)13-14(10)19-7-18-13/h3-5,11H,6-7H2,1-2H3. The van der Waals surface area contributed by atoms with Crippen LogP contribution in [0, 0.1) is 0 Å². The minimum atomic E-state index is -0.418. The van der Waals surface area contributed by atoms with Crippen molar-refractivity contribution in [2.24, 2.45) is 0 Å². The van der Waals surface area contributed by atoms with Crippen LogP contribution in [0.3, 0.4) is 0 Å². The van der Waals surface area contributed by atoms with Crippen molar-refractivity contribution in [3.63, 3.8) is 0 Å². The zero-order chi connectivity index (χ0) is 14.6. The second-order valence-corrected chi connectivity index (χ2v) is 5.63. The molecule has 0 spiro atoms. The second kappa shape index (κ2) is 4.14. The molecule has 0 amide bonds. The SMILES string of the molecule is CC1(C)OC1COc1cc2oc(=O)ccc2c2c1OCO2. The maximum atomic E-state index is 11.4. The smallest absolute Gasteiger partial charge is 0.336 e. The molecule has 110 valence electrons. The minimum Gasteiger partial charge on any atom is -0.487 e. The Morgan fingerprint density at radius 1 is 1.29 bits per heavy atom. The highest BCUT2D eigenvalue weighted by atomic mass is 16.7. The van der Waals surface area contributed by atoms with Crippen LogP contribution >= 0.6 is 0 Å². The summed E-state index contributed by atoms with van der Waals surface area (Å²) in [5.41, 5.74) is -0.152. The largest absolute Gasteiger partial charge is 0.487 e. The summed E-state index contributed by atoms with van der Waals surface area (Å²) in [4.78, 5) is 11.4. The fourth-order valence-electron chi connectivity index (χ4n) is 2.41. The van der Waals surface area contributed by atoms with Crippen molar-refractivity contribution in [2.75, 3.05) is 13.4 Å². The Hall–Kier alpha value is -2.21. The minimum absolute atomic E-state index is 0.0500. The molecule has 1 aromatic heterocycles. The van der Waals surface area contributed by atoms with Crippen LogP contribution in [-0.4, -0.2) is 25.1 Å².